The van der Waals surface area contributed by atoms with Crippen molar-refractivity contribution in [1.29, 1.82) is 0 Å². The predicted octanol–water partition coefficient (Wildman–Crippen LogP) is 3.72. The summed E-state index contributed by atoms with van der Waals surface area (Å²) in [6, 6.07) is 2.99. The van der Waals surface area contributed by atoms with E-state index in [-0.39, 0.29) is 5.91 Å². The Kier molecular flexibility index (Phi) is 4.51. The van der Waals surface area contributed by atoms with Crippen LogP contribution in [0.15, 0.2) is 18.2 Å². The summed E-state index contributed by atoms with van der Waals surface area (Å²) in [7, 11) is 0. The van der Waals surface area contributed by atoms with Crippen molar-refractivity contribution in [3.05, 3.63) is 35.4 Å². The summed E-state index contributed by atoms with van der Waals surface area (Å²) < 4.78 is 26.4. The van der Waals surface area contributed by atoms with Crippen LogP contribution in [0, 0.1) is 17.6 Å². The molecule has 0 aliphatic heterocycles. The number of nitrogens with one attached hydrogen (secondary N) is 1. The third-order valence-corrected chi connectivity index (χ3v) is 3.76. The fourth-order valence-electron chi connectivity index (χ4n) is 2.71. The fraction of sp³-hybridized carbons (Fsp3) is 0.533. The summed E-state index contributed by atoms with van der Waals surface area (Å²) in [6.45, 7) is 1.71. The second-order valence-corrected chi connectivity index (χ2v) is 5.31. The second kappa shape index (κ2) is 6.13. The van der Waals surface area contributed by atoms with E-state index in [1.807, 2.05) is 0 Å². The maximum atomic E-state index is 13.6. The van der Waals surface area contributed by atoms with Crippen molar-refractivity contribution < 1.29 is 13.6 Å². The molecule has 4 heteroatoms. The number of rotatable bonds is 4. The number of amides is 1. The molecular formula is C15H19F2NO. The third kappa shape index (κ3) is 3.75. The molecule has 1 aliphatic rings. The Morgan fingerprint density at radius 3 is 2.68 bits per heavy atom. The van der Waals surface area contributed by atoms with Crippen molar-refractivity contribution in [3.63, 3.8) is 0 Å². The molecule has 104 valence electrons. The molecule has 1 aliphatic carbocycles. The summed E-state index contributed by atoms with van der Waals surface area (Å²) in [5.41, 5.74) is 0.321. The van der Waals surface area contributed by atoms with Crippen LogP contribution >= 0.6 is 0 Å². The molecular weight excluding hydrogens is 248 g/mol. The number of carbonyl (C=O) groups is 1. The third-order valence-electron chi connectivity index (χ3n) is 3.76. The van der Waals surface area contributed by atoms with E-state index in [9.17, 15) is 13.6 Å². The molecule has 0 heterocycles. The number of halogens is 2. The standard InChI is InChI=1S/C15H19F2NO/c1-10(13-7-6-12(16)9-14(13)17)18-15(19)8-11-4-2-3-5-11/h6-7,9-11H,2-5,8H2,1H3,(H,18,19). The number of hydrogen-bond donors (Lipinski definition) is 1. The average molecular weight is 267 g/mol. The van der Waals surface area contributed by atoms with Crippen LogP contribution in [0.3, 0.4) is 0 Å². The molecule has 1 aromatic carbocycles. The highest BCUT2D eigenvalue weighted by Gasteiger charge is 2.20. The molecule has 1 saturated carbocycles. The van der Waals surface area contributed by atoms with E-state index in [4.69, 9.17) is 0 Å². The highest BCUT2D eigenvalue weighted by atomic mass is 19.1. The van der Waals surface area contributed by atoms with Gasteiger partial charge < -0.3 is 5.32 Å². The summed E-state index contributed by atoms with van der Waals surface area (Å²) in [4.78, 5) is 11.9. The van der Waals surface area contributed by atoms with Gasteiger partial charge in [-0.2, -0.15) is 0 Å². The van der Waals surface area contributed by atoms with Crippen LogP contribution in [-0.4, -0.2) is 5.91 Å². The first kappa shape index (κ1) is 14.0. The minimum absolute atomic E-state index is 0.0527. The van der Waals surface area contributed by atoms with Gasteiger partial charge in [-0.3, -0.25) is 4.79 Å². The Hall–Kier alpha value is -1.45. The second-order valence-electron chi connectivity index (χ2n) is 5.31. The molecule has 19 heavy (non-hydrogen) atoms. The highest BCUT2D eigenvalue weighted by Crippen LogP contribution is 2.27. The molecule has 2 rings (SSSR count). The molecule has 0 radical (unpaired) electrons. The quantitative estimate of drug-likeness (QED) is 0.885. The van der Waals surface area contributed by atoms with E-state index in [0.29, 0.717) is 17.9 Å². The lowest BCUT2D eigenvalue weighted by atomic mass is 10.0. The Bertz CT molecular complexity index is 455. The molecule has 1 fully saturated rings. The van der Waals surface area contributed by atoms with E-state index in [1.165, 1.54) is 25.0 Å². The Morgan fingerprint density at radius 2 is 2.05 bits per heavy atom. The SMILES string of the molecule is CC(NC(=O)CC1CCCC1)c1ccc(F)cc1F. The molecule has 0 spiro atoms. The van der Waals surface area contributed by atoms with Gasteiger partial charge in [0.2, 0.25) is 5.91 Å². The van der Waals surface area contributed by atoms with Gasteiger partial charge >= 0.3 is 0 Å². The lowest BCUT2D eigenvalue weighted by Gasteiger charge is -2.16. The zero-order chi connectivity index (χ0) is 13.8. The number of benzene rings is 1. The van der Waals surface area contributed by atoms with Crippen LogP contribution in [-0.2, 0) is 4.79 Å². The summed E-state index contributed by atoms with van der Waals surface area (Å²) in [6.07, 6.45) is 5.10. The van der Waals surface area contributed by atoms with Crippen LogP contribution in [0.5, 0.6) is 0 Å². The molecule has 1 aromatic rings. The molecule has 0 bridgehead atoms. The monoisotopic (exact) mass is 267 g/mol. The Balaban J connectivity index is 1.92. The van der Waals surface area contributed by atoms with Crippen molar-refractivity contribution in [2.24, 2.45) is 5.92 Å². The van der Waals surface area contributed by atoms with Crippen LogP contribution in [0.2, 0.25) is 0 Å². The topological polar surface area (TPSA) is 29.1 Å². The minimum Gasteiger partial charge on any atom is -0.349 e. The lowest BCUT2D eigenvalue weighted by Crippen LogP contribution is -2.28. The van der Waals surface area contributed by atoms with Crippen LogP contribution in [0.1, 0.15) is 50.6 Å². The summed E-state index contributed by atoms with van der Waals surface area (Å²) in [5, 5.41) is 2.78. The van der Waals surface area contributed by atoms with E-state index < -0.39 is 17.7 Å². The molecule has 1 amide bonds. The molecule has 1 unspecified atom stereocenters. The molecule has 0 saturated heterocycles. The first-order chi connectivity index (χ1) is 9.06. The van der Waals surface area contributed by atoms with Gasteiger partial charge in [0.1, 0.15) is 11.6 Å². The largest absolute Gasteiger partial charge is 0.349 e. The van der Waals surface area contributed by atoms with Crippen molar-refractivity contribution in [2.45, 2.75) is 45.1 Å². The zero-order valence-corrected chi connectivity index (χ0v) is 11.1. The maximum absolute atomic E-state index is 13.6. The van der Waals surface area contributed by atoms with Crippen molar-refractivity contribution in [1.82, 2.24) is 5.32 Å². The van der Waals surface area contributed by atoms with Crippen LogP contribution in [0.4, 0.5) is 8.78 Å². The fourth-order valence-corrected chi connectivity index (χ4v) is 2.71. The number of carbonyl (C=O) groups excluding carboxylic acids is 1. The van der Waals surface area contributed by atoms with Crippen LogP contribution in [0.25, 0.3) is 0 Å². The smallest absolute Gasteiger partial charge is 0.220 e. The van der Waals surface area contributed by atoms with E-state index >= 15 is 0 Å². The first-order valence-corrected chi connectivity index (χ1v) is 6.80. The van der Waals surface area contributed by atoms with Gasteiger partial charge in [0.15, 0.2) is 0 Å². The van der Waals surface area contributed by atoms with Crippen molar-refractivity contribution in [2.75, 3.05) is 0 Å². The zero-order valence-electron chi connectivity index (χ0n) is 11.1. The van der Waals surface area contributed by atoms with Gasteiger partial charge in [-0.25, -0.2) is 8.78 Å². The lowest BCUT2D eigenvalue weighted by molar-refractivity contribution is -0.122. The maximum Gasteiger partial charge on any atom is 0.220 e. The van der Waals surface area contributed by atoms with Gasteiger partial charge in [-0.15, -0.1) is 0 Å². The Labute approximate surface area is 112 Å². The van der Waals surface area contributed by atoms with Gasteiger partial charge in [-0.1, -0.05) is 18.9 Å². The highest BCUT2D eigenvalue weighted by molar-refractivity contribution is 5.76. The summed E-state index contributed by atoms with van der Waals surface area (Å²) >= 11 is 0. The molecule has 0 aromatic heterocycles. The minimum atomic E-state index is -0.617. The van der Waals surface area contributed by atoms with Gasteiger partial charge in [0.05, 0.1) is 6.04 Å². The van der Waals surface area contributed by atoms with E-state index in [1.54, 1.807) is 6.92 Å². The predicted molar refractivity (Wildman–Crippen MR) is 69.5 cm³/mol. The van der Waals surface area contributed by atoms with Crippen molar-refractivity contribution >= 4 is 5.91 Å². The van der Waals surface area contributed by atoms with Gasteiger partial charge in [0.25, 0.3) is 0 Å². The van der Waals surface area contributed by atoms with Gasteiger partial charge in [-0.05, 0) is 31.7 Å². The normalized spacial score (nSPS) is 17.4. The van der Waals surface area contributed by atoms with E-state index in [2.05, 4.69) is 5.32 Å². The molecule has 1 N–H and O–H groups in total. The number of hydrogen-bond acceptors (Lipinski definition) is 1. The Morgan fingerprint density at radius 1 is 1.37 bits per heavy atom. The molecule has 1 atom stereocenters. The summed E-state index contributed by atoms with van der Waals surface area (Å²) in [5.74, 6) is -0.812. The average Bonchev–Trinajstić information content (AvgIpc) is 2.81. The van der Waals surface area contributed by atoms with Gasteiger partial charge in [0, 0.05) is 18.1 Å². The van der Waals surface area contributed by atoms with Crippen molar-refractivity contribution in [3.8, 4) is 0 Å². The first-order valence-electron chi connectivity index (χ1n) is 6.80. The van der Waals surface area contributed by atoms with Crippen LogP contribution < -0.4 is 5.32 Å². The van der Waals surface area contributed by atoms with E-state index in [0.717, 1.165) is 18.9 Å². The molecule has 2 nitrogen and oxygen atoms in total.